The lowest BCUT2D eigenvalue weighted by atomic mass is 10.1. The predicted molar refractivity (Wildman–Crippen MR) is 75.1 cm³/mol. The Morgan fingerprint density at radius 2 is 2.06 bits per heavy atom. The molecule has 102 valence electrons. The van der Waals surface area contributed by atoms with E-state index in [1.54, 1.807) is 0 Å². The van der Waals surface area contributed by atoms with Gasteiger partial charge in [-0.15, -0.1) is 0 Å². The van der Waals surface area contributed by atoms with Crippen molar-refractivity contribution >= 4 is 5.82 Å². The smallest absolute Gasteiger partial charge is 0.218 e. The molecule has 1 rings (SSSR count). The number of aryl methyl sites for hydroxylation is 1. The second kappa shape index (κ2) is 7.90. The van der Waals surface area contributed by atoms with Crippen molar-refractivity contribution in [1.82, 2.24) is 9.97 Å². The van der Waals surface area contributed by atoms with Crippen molar-refractivity contribution in [3.63, 3.8) is 0 Å². The maximum absolute atomic E-state index is 5.70. The molecule has 0 saturated heterocycles. The van der Waals surface area contributed by atoms with Gasteiger partial charge < -0.3 is 10.1 Å². The van der Waals surface area contributed by atoms with Crippen molar-refractivity contribution in [2.24, 2.45) is 5.92 Å². The molecule has 4 heteroatoms. The van der Waals surface area contributed by atoms with Crippen LogP contribution in [0.2, 0.25) is 0 Å². The predicted octanol–water partition coefficient (Wildman–Crippen LogP) is 3.29. The molecule has 0 aliphatic carbocycles. The standard InChI is InChI=1S/C14H25N3O/c1-5-7-12-16-13(15-6-2)10-14(17-12)18-9-8-11(3)4/h10-11H,5-9H2,1-4H3,(H,15,16,17). The summed E-state index contributed by atoms with van der Waals surface area (Å²) in [6.45, 7) is 10.1. The highest BCUT2D eigenvalue weighted by Crippen LogP contribution is 2.15. The first-order valence-electron chi connectivity index (χ1n) is 6.90. The van der Waals surface area contributed by atoms with E-state index < -0.39 is 0 Å². The number of hydrogen-bond acceptors (Lipinski definition) is 4. The summed E-state index contributed by atoms with van der Waals surface area (Å²) < 4.78 is 5.70. The van der Waals surface area contributed by atoms with Gasteiger partial charge in [0.25, 0.3) is 0 Å². The molecule has 1 heterocycles. The van der Waals surface area contributed by atoms with E-state index in [9.17, 15) is 0 Å². The maximum Gasteiger partial charge on any atom is 0.218 e. The summed E-state index contributed by atoms with van der Waals surface area (Å²) in [6.07, 6.45) is 2.98. The van der Waals surface area contributed by atoms with Gasteiger partial charge in [0, 0.05) is 19.0 Å². The van der Waals surface area contributed by atoms with Gasteiger partial charge in [0.1, 0.15) is 11.6 Å². The van der Waals surface area contributed by atoms with Crippen molar-refractivity contribution < 1.29 is 4.74 Å². The first-order chi connectivity index (χ1) is 8.65. The quantitative estimate of drug-likeness (QED) is 0.770. The molecule has 0 aromatic carbocycles. The Kier molecular flexibility index (Phi) is 6.47. The van der Waals surface area contributed by atoms with E-state index in [-0.39, 0.29) is 0 Å². The van der Waals surface area contributed by atoms with E-state index in [2.05, 4.69) is 43.0 Å². The van der Waals surface area contributed by atoms with Gasteiger partial charge in [-0.2, -0.15) is 4.98 Å². The first-order valence-corrected chi connectivity index (χ1v) is 6.90. The van der Waals surface area contributed by atoms with Crippen LogP contribution >= 0.6 is 0 Å². The van der Waals surface area contributed by atoms with Crippen molar-refractivity contribution in [2.75, 3.05) is 18.5 Å². The number of nitrogens with one attached hydrogen (secondary N) is 1. The number of hydrogen-bond donors (Lipinski definition) is 1. The van der Waals surface area contributed by atoms with Crippen LogP contribution in [0.25, 0.3) is 0 Å². The van der Waals surface area contributed by atoms with Gasteiger partial charge in [0.15, 0.2) is 0 Å². The Labute approximate surface area is 110 Å². The second-order valence-electron chi connectivity index (χ2n) is 4.82. The van der Waals surface area contributed by atoms with Gasteiger partial charge >= 0.3 is 0 Å². The van der Waals surface area contributed by atoms with E-state index in [1.807, 2.05) is 6.07 Å². The zero-order valence-corrected chi connectivity index (χ0v) is 12.0. The molecule has 0 saturated carbocycles. The fourth-order valence-corrected chi connectivity index (χ4v) is 1.55. The minimum absolute atomic E-state index is 0.648. The number of rotatable bonds is 8. The summed E-state index contributed by atoms with van der Waals surface area (Å²) in [4.78, 5) is 8.88. The summed E-state index contributed by atoms with van der Waals surface area (Å²) >= 11 is 0. The van der Waals surface area contributed by atoms with Gasteiger partial charge in [-0.05, 0) is 25.7 Å². The Hall–Kier alpha value is -1.32. The summed E-state index contributed by atoms with van der Waals surface area (Å²) in [5.41, 5.74) is 0. The second-order valence-corrected chi connectivity index (χ2v) is 4.82. The summed E-state index contributed by atoms with van der Waals surface area (Å²) in [6, 6.07) is 1.88. The molecule has 1 N–H and O–H groups in total. The summed E-state index contributed by atoms with van der Waals surface area (Å²) in [5, 5.41) is 3.21. The molecule has 0 spiro atoms. The van der Waals surface area contributed by atoms with Crippen molar-refractivity contribution in [3.8, 4) is 5.88 Å². The molecule has 0 amide bonds. The maximum atomic E-state index is 5.70. The summed E-state index contributed by atoms with van der Waals surface area (Å²) in [5.74, 6) is 3.05. The Bertz CT molecular complexity index is 329. The van der Waals surface area contributed by atoms with E-state index in [1.165, 1.54) is 0 Å². The van der Waals surface area contributed by atoms with Crippen molar-refractivity contribution in [2.45, 2.75) is 47.0 Å². The van der Waals surface area contributed by atoms with Crippen LogP contribution in [0.15, 0.2) is 6.07 Å². The molecular weight excluding hydrogens is 226 g/mol. The molecule has 0 aliphatic heterocycles. The third-order valence-electron chi connectivity index (χ3n) is 2.53. The fraction of sp³-hybridized carbons (Fsp3) is 0.714. The van der Waals surface area contributed by atoms with Crippen LogP contribution < -0.4 is 10.1 Å². The average Bonchev–Trinajstić information content (AvgIpc) is 2.29. The lowest BCUT2D eigenvalue weighted by Gasteiger charge is -2.10. The molecule has 0 radical (unpaired) electrons. The van der Waals surface area contributed by atoms with Crippen LogP contribution in [-0.2, 0) is 6.42 Å². The van der Waals surface area contributed by atoms with Gasteiger partial charge in [-0.1, -0.05) is 20.8 Å². The normalized spacial score (nSPS) is 10.7. The third-order valence-corrected chi connectivity index (χ3v) is 2.53. The molecule has 0 bridgehead atoms. The van der Waals surface area contributed by atoms with Gasteiger partial charge in [0.2, 0.25) is 5.88 Å². The van der Waals surface area contributed by atoms with Crippen molar-refractivity contribution in [1.29, 1.82) is 0 Å². The van der Waals surface area contributed by atoms with Crippen LogP contribution in [0, 0.1) is 5.92 Å². The minimum Gasteiger partial charge on any atom is -0.478 e. The number of aromatic nitrogens is 2. The van der Waals surface area contributed by atoms with Crippen LogP contribution in [0.3, 0.4) is 0 Å². The minimum atomic E-state index is 0.648. The fourth-order valence-electron chi connectivity index (χ4n) is 1.55. The zero-order valence-electron chi connectivity index (χ0n) is 12.0. The number of ether oxygens (including phenoxy) is 1. The monoisotopic (exact) mass is 251 g/mol. The molecular formula is C14H25N3O. The Morgan fingerprint density at radius 3 is 2.67 bits per heavy atom. The Morgan fingerprint density at radius 1 is 1.28 bits per heavy atom. The molecule has 0 fully saturated rings. The summed E-state index contributed by atoms with van der Waals surface area (Å²) in [7, 11) is 0. The highest BCUT2D eigenvalue weighted by molar-refractivity contribution is 5.38. The molecule has 1 aromatic heterocycles. The molecule has 0 unspecified atom stereocenters. The van der Waals surface area contributed by atoms with E-state index in [4.69, 9.17) is 4.74 Å². The molecule has 0 aliphatic rings. The lowest BCUT2D eigenvalue weighted by molar-refractivity contribution is 0.278. The topological polar surface area (TPSA) is 47.0 Å². The number of nitrogens with zero attached hydrogens (tertiary/aromatic N) is 2. The number of anilines is 1. The average molecular weight is 251 g/mol. The highest BCUT2D eigenvalue weighted by atomic mass is 16.5. The van der Waals surface area contributed by atoms with E-state index in [0.29, 0.717) is 18.4 Å². The van der Waals surface area contributed by atoms with Crippen LogP contribution in [0.1, 0.15) is 46.4 Å². The van der Waals surface area contributed by atoms with Gasteiger partial charge in [-0.3, -0.25) is 0 Å². The largest absolute Gasteiger partial charge is 0.478 e. The van der Waals surface area contributed by atoms with E-state index in [0.717, 1.165) is 37.4 Å². The van der Waals surface area contributed by atoms with Crippen molar-refractivity contribution in [3.05, 3.63) is 11.9 Å². The molecule has 18 heavy (non-hydrogen) atoms. The highest BCUT2D eigenvalue weighted by Gasteiger charge is 2.05. The lowest BCUT2D eigenvalue weighted by Crippen LogP contribution is -2.08. The van der Waals surface area contributed by atoms with Gasteiger partial charge in [-0.25, -0.2) is 4.98 Å². The first kappa shape index (κ1) is 14.7. The third kappa shape index (κ3) is 5.34. The van der Waals surface area contributed by atoms with Crippen LogP contribution in [-0.4, -0.2) is 23.1 Å². The van der Waals surface area contributed by atoms with E-state index >= 15 is 0 Å². The van der Waals surface area contributed by atoms with Crippen LogP contribution in [0.5, 0.6) is 5.88 Å². The van der Waals surface area contributed by atoms with Crippen LogP contribution in [0.4, 0.5) is 5.82 Å². The Balaban J connectivity index is 2.69. The van der Waals surface area contributed by atoms with Gasteiger partial charge in [0.05, 0.1) is 6.61 Å². The molecule has 1 aromatic rings. The zero-order chi connectivity index (χ0) is 13.4. The SMILES string of the molecule is CCCc1nc(NCC)cc(OCCC(C)C)n1. The molecule has 4 nitrogen and oxygen atoms in total. The molecule has 0 atom stereocenters.